The van der Waals surface area contributed by atoms with Gasteiger partial charge in [0.05, 0.1) is 24.1 Å². The third-order valence-electron chi connectivity index (χ3n) is 4.83. The molecule has 31 heavy (non-hydrogen) atoms. The summed E-state index contributed by atoms with van der Waals surface area (Å²) in [4.78, 5) is 26.7. The van der Waals surface area contributed by atoms with E-state index in [0.717, 1.165) is 22.7 Å². The lowest BCUT2D eigenvalue weighted by Crippen LogP contribution is -2.54. The van der Waals surface area contributed by atoms with Crippen molar-refractivity contribution in [2.24, 2.45) is 0 Å². The highest BCUT2D eigenvalue weighted by Crippen LogP contribution is 2.34. The third kappa shape index (κ3) is 5.87. The van der Waals surface area contributed by atoms with Crippen LogP contribution in [0.4, 0.5) is 11.4 Å². The summed E-state index contributed by atoms with van der Waals surface area (Å²) in [5.41, 5.74) is 1.96. The van der Waals surface area contributed by atoms with Crippen molar-refractivity contribution in [1.29, 1.82) is 0 Å². The van der Waals surface area contributed by atoms with E-state index in [1.165, 1.54) is 6.08 Å². The average molecular weight is 423 g/mol. The first-order valence-electron chi connectivity index (χ1n) is 10.6. The maximum atomic E-state index is 12.8. The Morgan fingerprint density at radius 3 is 2.71 bits per heavy atom. The quantitative estimate of drug-likeness (QED) is 0.381. The van der Waals surface area contributed by atoms with Gasteiger partial charge in [-0.05, 0) is 70.0 Å². The number of carbonyl (C=O) groups excluding carboxylic acids is 2. The van der Waals surface area contributed by atoms with Crippen molar-refractivity contribution in [3.63, 3.8) is 0 Å². The van der Waals surface area contributed by atoms with Gasteiger partial charge in [0.25, 0.3) is 5.91 Å². The van der Waals surface area contributed by atoms with Gasteiger partial charge >= 0.3 is 5.97 Å². The highest BCUT2D eigenvalue weighted by Gasteiger charge is 2.38. The summed E-state index contributed by atoms with van der Waals surface area (Å²) in [6.45, 7) is 8.38. The van der Waals surface area contributed by atoms with Gasteiger partial charge in [-0.3, -0.25) is 4.79 Å². The number of hydrogen-bond donors (Lipinski definition) is 1. The van der Waals surface area contributed by atoms with Gasteiger partial charge in [0.15, 0.2) is 0 Å². The molecule has 3 rings (SSSR count). The number of fused-ring (bicyclic) bond motifs is 1. The zero-order valence-electron chi connectivity index (χ0n) is 18.6. The molecule has 1 heterocycles. The second kappa shape index (κ2) is 9.69. The zero-order chi connectivity index (χ0) is 22.4. The summed E-state index contributed by atoms with van der Waals surface area (Å²) in [5.74, 6) is 0.345. The van der Waals surface area contributed by atoms with E-state index in [9.17, 15) is 9.59 Å². The molecule has 6 heteroatoms. The molecule has 0 bridgehead atoms. The van der Waals surface area contributed by atoms with Gasteiger partial charge in [-0.25, -0.2) is 4.79 Å². The van der Waals surface area contributed by atoms with Crippen LogP contribution >= 0.6 is 0 Å². The first kappa shape index (κ1) is 22.4. The molecule has 0 aromatic heterocycles. The number of nitrogens with one attached hydrogen (secondary N) is 1. The number of para-hydroxylation sites is 2. The SMILES string of the molecule is CC(C)Oc1cccc(/C=C/C(=O)OCCCN2C(=O)C(C)(C)Nc3ccccc32)c1. The van der Waals surface area contributed by atoms with E-state index < -0.39 is 11.5 Å². The van der Waals surface area contributed by atoms with Crippen LogP contribution in [0.25, 0.3) is 6.08 Å². The van der Waals surface area contributed by atoms with Crippen molar-refractivity contribution < 1.29 is 19.1 Å². The first-order valence-corrected chi connectivity index (χ1v) is 10.6. The van der Waals surface area contributed by atoms with Crippen LogP contribution in [0.2, 0.25) is 0 Å². The van der Waals surface area contributed by atoms with Crippen LogP contribution in [0.1, 0.15) is 39.7 Å². The number of ether oxygens (including phenoxy) is 2. The lowest BCUT2D eigenvalue weighted by atomic mass is 9.98. The molecule has 1 aliphatic heterocycles. The Balaban J connectivity index is 1.51. The van der Waals surface area contributed by atoms with Crippen molar-refractivity contribution in [2.45, 2.75) is 45.8 Å². The molecule has 0 unspecified atom stereocenters. The van der Waals surface area contributed by atoms with Crippen molar-refractivity contribution >= 4 is 29.3 Å². The van der Waals surface area contributed by atoms with Crippen molar-refractivity contribution in [1.82, 2.24) is 0 Å². The number of carbonyl (C=O) groups is 2. The van der Waals surface area contributed by atoms with E-state index >= 15 is 0 Å². The summed E-state index contributed by atoms with van der Waals surface area (Å²) < 4.78 is 11.0. The van der Waals surface area contributed by atoms with Crippen LogP contribution in [0, 0.1) is 0 Å². The summed E-state index contributed by atoms with van der Waals surface area (Å²) in [6, 6.07) is 15.3. The fourth-order valence-corrected chi connectivity index (χ4v) is 3.45. The van der Waals surface area contributed by atoms with Crippen LogP contribution in [-0.2, 0) is 14.3 Å². The lowest BCUT2D eigenvalue weighted by Gasteiger charge is -2.39. The Labute approximate surface area is 183 Å². The van der Waals surface area contributed by atoms with Crippen molar-refractivity contribution in [3.05, 3.63) is 60.2 Å². The molecule has 0 radical (unpaired) electrons. The minimum atomic E-state index is -0.679. The molecule has 0 spiro atoms. The highest BCUT2D eigenvalue weighted by molar-refractivity contribution is 6.07. The van der Waals surface area contributed by atoms with Gasteiger partial charge in [0.1, 0.15) is 11.3 Å². The maximum Gasteiger partial charge on any atom is 0.330 e. The molecule has 0 saturated carbocycles. The Morgan fingerprint density at radius 1 is 1.16 bits per heavy atom. The van der Waals surface area contributed by atoms with Gasteiger partial charge in [0, 0.05) is 12.6 Å². The van der Waals surface area contributed by atoms with Crippen LogP contribution in [0.3, 0.4) is 0 Å². The topological polar surface area (TPSA) is 67.9 Å². The molecule has 1 amide bonds. The second-order valence-electron chi connectivity index (χ2n) is 8.32. The molecule has 6 nitrogen and oxygen atoms in total. The maximum absolute atomic E-state index is 12.8. The van der Waals surface area contributed by atoms with Crippen molar-refractivity contribution in [2.75, 3.05) is 23.4 Å². The van der Waals surface area contributed by atoms with E-state index in [-0.39, 0.29) is 18.6 Å². The number of nitrogens with zero attached hydrogens (tertiary/aromatic N) is 1. The Kier molecular flexibility index (Phi) is 7.00. The Morgan fingerprint density at radius 2 is 1.94 bits per heavy atom. The number of anilines is 2. The fraction of sp³-hybridized carbons (Fsp3) is 0.360. The predicted octanol–water partition coefficient (Wildman–Crippen LogP) is 4.66. The Bertz CT molecular complexity index is 965. The van der Waals surface area contributed by atoms with E-state index in [1.54, 1.807) is 11.0 Å². The molecule has 0 fully saturated rings. The average Bonchev–Trinajstić information content (AvgIpc) is 2.71. The molecular weight excluding hydrogens is 392 g/mol. The monoisotopic (exact) mass is 422 g/mol. The van der Waals surface area contributed by atoms with Gasteiger partial charge < -0.3 is 19.7 Å². The lowest BCUT2D eigenvalue weighted by molar-refractivity contribution is -0.137. The first-order chi connectivity index (χ1) is 14.8. The molecule has 2 aromatic rings. The number of benzene rings is 2. The minimum Gasteiger partial charge on any atom is -0.491 e. The molecule has 1 N–H and O–H groups in total. The van der Waals surface area contributed by atoms with Gasteiger partial charge in [-0.1, -0.05) is 24.3 Å². The van der Waals surface area contributed by atoms with Crippen LogP contribution < -0.4 is 15.0 Å². The fourth-order valence-electron chi connectivity index (χ4n) is 3.45. The van der Waals surface area contributed by atoms with E-state index in [4.69, 9.17) is 9.47 Å². The van der Waals surface area contributed by atoms with E-state index in [2.05, 4.69) is 5.32 Å². The molecule has 164 valence electrons. The number of amides is 1. The molecule has 1 aliphatic rings. The Hall–Kier alpha value is -3.28. The summed E-state index contributed by atoms with van der Waals surface area (Å²) in [5, 5.41) is 3.28. The standard InChI is InChI=1S/C25H30N2O4/c1-18(2)31-20-10-7-9-19(17-20)13-14-23(28)30-16-8-15-27-22-12-6-5-11-21(22)26-25(3,4)24(27)29/h5-7,9-14,17-18,26H,8,15-16H2,1-4H3/b14-13+. The molecule has 0 aliphatic carbocycles. The van der Waals surface area contributed by atoms with E-state index in [0.29, 0.717) is 13.0 Å². The normalized spacial score (nSPS) is 15.0. The van der Waals surface area contributed by atoms with Gasteiger partial charge in [-0.2, -0.15) is 0 Å². The zero-order valence-corrected chi connectivity index (χ0v) is 18.6. The summed E-state index contributed by atoms with van der Waals surface area (Å²) in [7, 11) is 0. The van der Waals surface area contributed by atoms with Crippen LogP contribution in [0.5, 0.6) is 5.75 Å². The molecule has 2 aromatic carbocycles. The minimum absolute atomic E-state index is 0.000853. The van der Waals surface area contributed by atoms with Crippen LogP contribution in [-0.4, -0.2) is 36.7 Å². The molecular formula is C25H30N2O4. The van der Waals surface area contributed by atoms with E-state index in [1.807, 2.05) is 76.2 Å². The van der Waals surface area contributed by atoms with Gasteiger partial charge in [0.2, 0.25) is 0 Å². The summed E-state index contributed by atoms with van der Waals surface area (Å²) in [6.07, 6.45) is 3.74. The number of hydrogen-bond acceptors (Lipinski definition) is 5. The molecule has 0 atom stereocenters. The highest BCUT2D eigenvalue weighted by atomic mass is 16.5. The smallest absolute Gasteiger partial charge is 0.330 e. The molecule has 0 saturated heterocycles. The van der Waals surface area contributed by atoms with Crippen molar-refractivity contribution in [3.8, 4) is 5.75 Å². The van der Waals surface area contributed by atoms with Gasteiger partial charge in [-0.15, -0.1) is 0 Å². The number of rotatable bonds is 8. The summed E-state index contributed by atoms with van der Waals surface area (Å²) >= 11 is 0. The number of esters is 1. The van der Waals surface area contributed by atoms with Crippen LogP contribution in [0.15, 0.2) is 54.6 Å². The largest absolute Gasteiger partial charge is 0.491 e. The predicted molar refractivity (Wildman–Crippen MR) is 123 cm³/mol. The second-order valence-corrected chi connectivity index (χ2v) is 8.32. The third-order valence-corrected chi connectivity index (χ3v) is 4.83.